The highest BCUT2D eigenvalue weighted by Gasteiger charge is 2.29. The lowest BCUT2D eigenvalue weighted by molar-refractivity contribution is -0.125. The van der Waals surface area contributed by atoms with E-state index in [1.54, 1.807) is 23.1 Å². The summed E-state index contributed by atoms with van der Waals surface area (Å²) in [6.07, 6.45) is 6.65. The van der Waals surface area contributed by atoms with Gasteiger partial charge >= 0.3 is 0 Å². The van der Waals surface area contributed by atoms with Crippen LogP contribution in [0.1, 0.15) is 62.7 Å². The number of anilines is 1. The second kappa shape index (κ2) is 9.76. The molecule has 0 radical (unpaired) electrons. The van der Waals surface area contributed by atoms with Crippen molar-refractivity contribution in [3.05, 3.63) is 23.8 Å². The normalized spacial score (nSPS) is 17.2. The second-order valence-electron chi connectivity index (χ2n) is 7.68. The monoisotopic (exact) mass is 401 g/mol. The van der Waals surface area contributed by atoms with Crippen LogP contribution >= 0.6 is 0 Å². The van der Waals surface area contributed by atoms with E-state index in [9.17, 15) is 14.4 Å². The number of hydrogen-bond acceptors (Lipinski definition) is 4. The molecule has 1 heterocycles. The highest BCUT2D eigenvalue weighted by Crippen LogP contribution is 2.33. The van der Waals surface area contributed by atoms with Gasteiger partial charge in [-0.2, -0.15) is 0 Å². The number of fused-ring (bicyclic) bond motifs is 1. The summed E-state index contributed by atoms with van der Waals surface area (Å²) in [5, 5.41) is 3.08. The molecule has 1 N–H and O–H groups in total. The molecule has 2 aliphatic rings. The van der Waals surface area contributed by atoms with Crippen molar-refractivity contribution in [3.8, 4) is 5.75 Å². The Kier molecular flexibility index (Phi) is 7.12. The van der Waals surface area contributed by atoms with E-state index in [0.29, 0.717) is 30.1 Å². The van der Waals surface area contributed by atoms with E-state index >= 15 is 0 Å². The van der Waals surface area contributed by atoms with Crippen LogP contribution in [0.5, 0.6) is 5.75 Å². The fourth-order valence-corrected chi connectivity index (χ4v) is 4.04. The first-order chi connectivity index (χ1) is 14.0. The average molecular weight is 402 g/mol. The molecule has 1 aromatic rings. The predicted octanol–water partition coefficient (Wildman–Crippen LogP) is 2.73. The molecule has 0 atom stereocenters. The first-order valence-corrected chi connectivity index (χ1v) is 10.7. The standard InChI is InChI=1S/C22H31N3O4/c1-3-24(4-2)22(28)16-11-12-19-18(13-16)25(21(27)15-29-19)14-20(26)23-17-9-7-5-6-8-10-17/h11-13,17H,3-10,14-15H2,1-2H3,(H,23,26). The van der Waals surface area contributed by atoms with E-state index in [0.717, 1.165) is 25.7 Å². The third-order valence-corrected chi connectivity index (χ3v) is 5.72. The van der Waals surface area contributed by atoms with Crippen LogP contribution in [0.2, 0.25) is 0 Å². The average Bonchev–Trinajstić information content (AvgIpc) is 2.99. The van der Waals surface area contributed by atoms with Crippen molar-refractivity contribution in [2.45, 2.75) is 58.4 Å². The van der Waals surface area contributed by atoms with E-state index in [1.165, 1.54) is 17.7 Å². The topological polar surface area (TPSA) is 79.0 Å². The number of hydrogen-bond donors (Lipinski definition) is 1. The molecule has 1 fully saturated rings. The molecule has 0 spiro atoms. The number of carbonyl (C=O) groups is 3. The highest BCUT2D eigenvalue weighted by atomic mass is 16.5. The van der Waals surface area contributed by atoms with Gasteiger partial charge in [-0.05, 0) is 44.9 Å². The summed E-state index contributed by atoms with van der Waals surface area (Å²) in [5.41, 5.74) is 0.968. The number of carbonyl (C=O) groups excluding carboxylic acids is 3. The van der Waals surface area contributed by atoms with Gasteiger partial charge in [0.2, 0.25) is 5.91 Å². The van der Waals surface area contributed by atoms with Gasteiger partial charge in [0.05, 0.1) is 5.69 Å². The van der Waals surface area contributed by atoms with E-state index in [-0.39, 0.29) is 36.9 Å². The summed E-state index contributed by atoms with van der Waals surface area (Å²) in [4.78, 5) is 41.0. The van der Waals surface area contributed by atoms with Gasteiger partial charge in [0, 0.05) is 24.7 Å². The first kappa shape index (κ1) is 21.1. The Labute approximate surface area is 172 Å². The maximum atomic E-state index is 12.7. The van der Waals surface area contributed by atoms with Gasteiger partial charge in [-0.1, -0.05) is 25.7 Å². The molecule has 0 unspecified atom stereocenters. The minimum atomic E-state index is -0.277. The number of nitrogens with one attached hydrogen (secondary N) is 1. The second-order valence-corrected chi connectivity index (χ2v) is 7.68. The summed E-state index contributed by atoms with van der Waals surface area (Å²) in [6, 6.07) is 5.25. The van der Waals surface area contributed by atoms with E-state index in [4.69, 9.17) is 4.74 Å². The van der Waals surface area contributed by atoms with Gasteiger partial charge < -0.3 is 15.0 Å². The largest absolute Gasteiger partial charge is 0.482 e. The zero-order valence-electron chi connectivity index (χ0n) is 17.4. The van der Waals surface area contributed by atoms with Crippen LogP contribution in [-0.4, -0.2) is 54.9 Å². The number of ether oxygens (including phenoxy) is 1. The molecule has 1 saturated carbocycles. The minimum absolute atomic E-state index is 0.0609. The highest BCUT2D eigenvalue weighted by molar-refractivity contribution is 6.04. The van der Waals surface area contributed by atoms with Crippen LogP contribution in [0.4, 0.5) is 5.69 Å². The van der Waals surface area contributed by atoms with Crippen molar-refractivity contribution in [2.24, 2.45) is 0 Å². The van der Waals surface area contributed by atoms with Crippen LogP contribution < -0.4 is 15.0 Å². The number of rotatable bonds is 6. The summed E-state index contributed by atoms with van der Waals surface area (Å²) in [7, 11) is 0. The van der Waals surface area contributed by atoms with Crippen molar-refractivity contribution in [1.29, 1.82) is 0 Å². The van der Waals surface area contributed by atoms with Gasteiger partial charge in [0.15, 0.2) is 6.61 Å². The van der Waals surface area contributed by atoms with E-state index in [1.807, 2.05) is 13.8 Å². The number of amides is 3. The Hall–Kier alpha value is -2.57. The molecular formula is C22H31N3O4. The molecule has 0 bridgehead atoms. The zero-order valence-corrected chi connectivity index (χ0v) is 17.4. The number of benzene rings is 1. The van der Waals surface area contributed by atoms with Crippen LogP contribution in [0.15, 0.2) is 18.2 Å². The van der Waals surface area contributed by atoms with Gasteiger partial charge in [-0.15, -0.1) is 0 Å². The van der Waals surface area contributed by atoms with Crippen molar-refractivity contribution in [1.82, 2.24) is 10.2 Å². The number of nitrogens with zero attached hydrogens (tertiary/aromatic N) is 2. The third kappa shape index (κ3) is 5.08. The molecule has 3 amide bonds. The minimum Gasteiger partial charge on any atom is -0.482 e. The fourth-order valence-electron chi connectivity index (χ4n) is 4.04. The molecule has 0 aromatic heterocycles. The van der Waals surface area contributed by atoms with Gasteiger partial charge in [0.1, 0.15) is 12.3 Å². The molecule has 3 rings (SSSR count). The maximum absolute atomic E-state index is 12.7. The predicted molar refractivity (Wildman–Crippen MR) is 111 cm³/mol. The summed E-state index contributed by atoms with van der Waals surface area (Å²) in [5.74, 6) is -0.0267. The Morgan fingerprint density at radius 3 is 2.48 bits per heavy atom. The van der Waals surface area contributed by atoms with E-state index in [2.05, 4.69) is 5.32 Å². The van der Waals surface area contributed by atoms with Crippen LogP contribution in [0.25, 0.3) is 0 Å². The summed E-state index contributed by atoms with van der Waals surface area (Å²) >= 11 is 0. The SMILES string of the molecule is CCN(CC)C(=O)c1ccc2c(c1)N(CC(=O)NC1CCCCCC1)C(=O)CO2. The molecule has 1 aromatic carbocycles. The Morgan fingerprint density at radius 1 is 1.14 bits per heavy atom. The third-order valence-electron chi connectivity index (χ3n) is 5.72. The van der Waals surface area contributed by atoms with Crippen LogP contribution in [0, 0.1) is 0 Å². The zero-order chi connectivity index (χ0) is 20.8. The lowest BCUT2D eigenvalue weighted by Crippen LogP contribution is -2.47. The Bertz CT molecular complexity index is 752. The molecule has 7 heteroatoms. The lowest BCUT2D eigenvalue weighted by atomic mass is 10.1. The van der Waals surface area contributed by atoms with Crippen LogP contribution in [-0.2, 0) is 9.59 Å². The Balaban J connectivity index is 1.76. The van der Waals surface area contributed by atoms with Crippen LogP contribution in [0.3, 0.4) is 0 Å². The molecule has 1 aliphatic carbocycles. The maximum Gasteiger partial charge on any atom is 0.265 e. The molecule has 1 aliphatic heterocycles. The molecule has 29 heavy (non-hydrogen) atoms. The quantitative estimate of drug-likeness (QED) is 0.744. The van der Waals surface area contributed by atoms with Gasteiger partial charge in [0.25, 0.3) is 11.8 Å². The van der Waals surface area contributed by atoms with Crippen molar-refractivity contribution >= 4 is 23.4 Å². The smallest absolute Gasteiger partial charge is 0.265 e. The molecular weight excluding hydrogens is 370 g/mol. The first-order valence-electron chi connectivity index (χ1n) is 10.7. The summed E-state index contributed by atoms with van der Waals surface area (Å²) < 4.78 is 5.51. The Morgan fingerprint density at radius 2 is 1.83 bits per heavy atom. The molecule has 0 saturated heterocycles. The fraction of sp³-hybridized carbons (Fsp3) is 0.591. The van der Waals surface area contributed by atoms with E-state index < -0.39 is 0 Å². The van der Waals surface area contributed by atoms with Gasteiger partial charge in [-0.3, -0.25) is 19.3 Å². The lowest BCUT2D eigenvalue weighted by Gasteiger charge is -2.30. The van der Waals surface area contributed by atoms with Gasteiger partial charge in [-0.25, -0.2) is 0 Å². The summed E-state index contributed by atoms with van der Waals surface area (Å²) in [6.45, 7) is 4.90. The molecule has 158 valence electrons. The molecule has 7 nitrogen and oxygen atoms in total. The van der Waals surface area contributed by atoms with Crippen molar-refractivity contribution in [2.75, 3.05) is 31.1 Å². The van der Waals surface area contributed by atoms with Crippen molar-refractivity contribution < 1.29 is 19.1 Å². The van der Waals surface area contributed by atoms with Crippen molar-refractivity contribution in [3.63, 3.8) is 0 Å².